The van der Waals surface area contributed by atoms with E-state index in [2.05, 4.69) is 0 Å². The molecule has 104 valence electrons. The van der Waals surface area contributed by atoms with E-state index >= 15 is 0 Å². The lowest BCUT2D eigenvalue weighted by Crippen LogP contribution is -2.31. The Labute approximate surface area is 114 Å². The van der Waals surface area contributed by atoms with Gasteiger partial charge in [-0.25, -0.2) is 4.98 Å². The quantitative estimate of drug-likeness (QED) is 0.547. The van der Waals surface area contributed by atoms with Gasteiger partial charge >= 0.3 is 0 Å². The van der Waals surface area contributed by atoms with Crippen LogP contribution < -0.4 is 10.6 Å². The van der Waals surface area contributed by atoms with Crippen LogP contribution >= 0.6 is 0 Å². The molecule has 0 amide bonds. The van der Waals surface area contributed by atoms with Crippen molar-refractivity contribution in [3.63, 3.8) is 0 Å². The van der Waals surface area contributed by atoms with Gasteiger partial charge in [-0.3, -0.25) is 5.41 Å². The molecule has 1 aliphatic carbocycles. The van der Waals surface area contributed by atoms with Gasteiger partial charge < -0.3 is 15.7 Å². The van der Waals surface area contributed by atoms with E-state index < -0.39 is 0 Å². The molecule has 0 aliphatic heterocycles. The van der Waals surface area contributed by atoms with E-state index in [1.807, 2.05) is 17.9 Å². The molecule has 5 heteroatoms. The summed E-state index contributed by atoms with van der Waals surface area (Å²) < 4.78 is 0. The molecule has 4 N–H and O–H groups in total. The number of aliphatic hydroxyl groups excluding tert-OH is 1. The zero-order valence-corrected chi connectivity index (χ0v) is 11.4. The standard InChI is InChI=1S/C14H22N4O/c1-2-18(7-8-19)14-11(13(15)16)9-10-5-3-4-6-12(10)17-14/h9,19H,2-8H2,1H3,(H3,15,16). The molecular weight excluding hydrogens is 240 g/mol. The summed E-state index contributed by atoms with van der Waals surface area (Å²) in [7, 11) is 0. The van der Waals surface area contributed by atoms with Gasteiger partial charge in [-0.2, -0.15) is 0 Å². The maximum Gasteiger partial charge on any atom is 0.139 e. The average molecular weight is 262 g/mol. The SMILES string of the molecule is CCN(CCO)c1nc2c(cc1C(=N)N)CCCC2. The summed E-state index contributed by atoms with van der Waals surface area (Å²) in [5, 5.41) is 16.9. The van der Waals surface area contributed by atoms with E-state index in [0.29, 0.717) is 12.1 Å². The number of hydrogen-bond donors (Lipinski definition) is 3. The van der Waals surface area contributed by atoms with Crippen LogP contribution in [0.15, 0.2) is 6.07 Å². The number of nitrogens with one attached hydrogen (secondary N) is 1. The van der Waals surface area contributed by atoms with Crippen molar-refractivity contribution in [2.75, 3.05) is 24.6 Å². The molecule has 1 heterocycles. The van der Waals surface area contributed by atoms with Gasteiger partial charge in [-0.1, -0.05) is 0 Å². The molecule has 0 spiro atoms. The molecule has 1 aliphatic rings. The summed E-state index contributed by atoms with van der Waals surface area (Å²) >= 11 is 0. The third-order valence-electron chi connectivity index (χ3n) is 3.62. The third kappa shape index (κ3) is 2.87. The van der Waals surface area contributed by atoms with Crippen LogP contribution in [0.2, 0.25) is 0 Å². The zero-order valence-electron chi connectivity index (χ0n) is 11.4. The van der Waals surface area contributed by atoms with Crippen molar-refractivity contribution in [3.8, 4) is 0 Å². The summed E-state index contributed by atoms with van der Waals surface area (Å²) in [6.07, 6.45) is 4.37. The van der Waals surface area contributed by atoms with Crippen LogP contribution in [0, 0.1) is 5.41 Å². The lowest BCUT2D eigenvalue weighted by molar-refractivity contribution is 0.302. The Morgan fingerprint density at radius 3 is 2.84 bits per heavy atom. The molecule has 0 radical (unpaired) electrons. The summed E-state index contributed by atoms with van der Waals surface area (Å²) in [6.45, 7) is 3.35. The summed E-state index contributed by atoms with van der Waals surface area (Å²) in [4.78, 5) is 6.70. The number of aliphatic hydroxyl groups is 1. The Bertz CT molecular complexity index is 473. The number of amidine groups is 1. The first-order chi connectivity index (χ1) is 9.17. The average Bonchev–Trinajstić information content (AvgIpc) is 2.43. The first-order valence-corrected chi connectivity index (χ1v) is 6.90. The molecule has 2 rings (SSSR count). The minimum Gasteiger partial charge on any atom is -0.395 e. The Kier molecular flexibility index (Phi) is 4.37. The lowest BCUT2D eigenvalue weighted by atomic mass is 9.94. The van der Waals surface area contributed by atoms with Gasteiger partial charge in [0.2, 0.25) is 0 Å². The molecular formula is C14H22N4O. The number of nitrogen functional groups attached to an aromatic ring is 1. The topological polar surface area (TPSA) is 86.2 Å². The molecule has 0 bridgehead atoms. The fraction of sp³-hybridized carbons (Fsp3) is 0.571. The van der Waals surface area contributed by atoms with Crippen LogP contribution in [-0.4, -0.2) is 35.6 Å². The Morgan fingerprint density at radius 1 is 1.47 bits per heavy atom. The highest BCUT2D eigenvalue weighted by molar-refractivity contribution is 5.99. The first-order valence-electron chi connectivity index (χ1n) is 6.90. The number of likely N-dealkylation sites (N-methyl/N-ethyl adjacent to an activating group) is 1. The molecule has 0 aromatic carbocycles. The van der Waals surface area contributed by atoms with Crippen LogP contribution in [0.5, 0.6) is 0 Å². The predicted molar refractivity (Wildman–Crippen MR) is 76.9 cm³/mol. The maximum absolute atomic E-state index is 9.14. The summed E-state index contributed by atoms with van der Waals surface area (Å²) in [5.41, 5.74) is 8.73. The monoisotopic (exact) mass is 262 g/mol. The summed E-state index contributed by atoms with van der Waals surface area (Å²) in [6, 6.07) is 2.01. The van der Waals surface area contributed by atoms with Crippen molar-refractivity contribution in [2.24, 2.45) is 5.73 Å². The minimum atomic E-state index is 0.0484. The second kappa shape index (κ2) is 6.02. The molecule has 1 aromatic rings. The van der Waals surface area contributed by atoms with Crippen LogP contribution in [0.4, 0.5) is 5.82 Å². The van der Waals surface area contributed by atoms with Gasteiger partial charge in [0.1, 0.15) is 11.7 Å². The number of nitrogens with zero attached hydrogens (tertiary/aromatic N) is 2. The van der Waals surface area contributed by atoms with Gasteiger partial charge in [0.05, 0.1) is 12.2 Å². The Hall–Kier alpha value is -1.62. The van der Waals surface area contributed by atoms with Gasteiger partial charge in [0, 0.05) is 18.8 Å². The molecule has 0 unspecified atom stereocenters. The third-order valence-corrected chi connectivity index (χ3v) is 3.62. The predicted octanol–water partition coefficient (Wildman–Crippen LogP) is 1.06. The number of rotatable bonds is 5. The van der Waals surface area contributed by atoms with Crippen LogP contribution in [0.25, 0.3) is 0 Å². The second-order valence-electron chi connectivity index (χ2n) is 4.89. The molecule has 5 nitrogen and oxygen atoms in total. The largest absolute Gasteiger partial charge is 0.395 e. The van der Waals surface area contributed by atoms with E-state index in [-0.39, 0.29) is 12.4 Å². The van der Waals surface area contributed by atoms with Crippen molar-refractivity contribution in [3.05, 3.63) is 22.9 Å². The number of pyridine rings is 1. The first kappa shape index (κ1) is 13.8. The van der Waals surface area contributed by atoms with Gasteiger partial charge in [0.15, 0.2) is 0 Å². The fourth-order valence-electron chi connectivity index (χ4n) is 2.60. The second-order valence-corrected chi connectivity index (χ2v) is 4.89. The highest BCUT2D eigenvalue weighted by atomic mass is 16.3. The van der Waals surface area contributed by atoms with E-state index in [1.165, 1.54) is 18.4 Å². The van der Waals surface area contributed by atoms with E-state index in [4.69, 9.17) is 21.2 Å². The van der Waals surface area contributed by atoms with Crippen molar-refractivity contribution in [1.29, 1.82) is 5.41 Å². The molecule has 0 fully saturated rings. The van der Waals surface area contributed by atoms with Crippen molar-refractivity contribution in [1.82, 2.24) is 4.98 Å². The normalized spacial score (nSPS) is 14.0. The van der Waals surface area contributed by atoms with Crippen LogP contribution in [-0.2, 0) is 12.8 Å². The highest BCUT2D eigenvalue weighted by Gasteiger charge is 2.19. The molecule has 0 atom stereocenters. The number of nitrogens with two attached hydrogens (primary N) is 1. The number of anilines is 1. The van der Waals surface area contributed by atoms with Crippen LogP contribution in [0.1, 0.15) is 36.6 Å². The molecule has 19 heavy (non-hydrogen) atoms. The summed E-state index contributed by atoms with van der Waals surface area (Å²) in [5.74, 6) is 0.789. The molecule has 0 saturated carbocycles. The zero-order chi connectivity index (χ0) is 13.8. The van der Waals surface area contributed by atoms with E-state index in [9.17, 15) is 0 Å². The van der Waals surface area contributed by atoms with Gasteiger partial charge in [0.25, 0.3) is 0 Å². The van der Waals surface area contributed by atoms with Gasteiger partial charge in [-0.05, 0) is 44.2 Å². The van der Waals surface area contributed by atoms with Crippen LogP contribution in [0.3, 0.4) is 0 Å². The number of fused-ring (bicyclic) bond motifs is 1. The van der Waals surface area contributed by atoms with Gasteiger partial charge in [-0.15, -0.1) is 0 Å². The smallest absolute Gasteiger partial charge is 0.139 e. The maximum atomic E-state index is 9.14. The van der Waals surface area contributed by atoms with Crippen molar-refractivity contribution in [2.45, 2.75) is 32.6 Å². The van der Waals surface area contributed by atoms with Crippen molar-refractivity contribution >= 4 is 11.7 Å². The van der Waals surface area contributed by atoms with E-state index in [1.54, 1.807) is 0 Å². The minimum absolute atomic E-state index is 0.0484. The van der Waals surface area contributed by atoms with Crippen molar-refractivity contribution < 1.29 is 5.11 Å². The fourth-order valence-corrected chi connectivity index (χ4v) is 2.60. The lowest BCUT2D eigenvalue weighted by Gasteiger charge is -2.26. The Balaban J connectivity index is 2.47. The molecule has 1 aromatic heterocycles. The Morgan fingerprint density at radius 2 is 2.21 bits per heavy atom. The number of hydrogen-bond acceptors (Lipinski definition) is 4. The number of aromatic nitrogens is 1. The molecule has 0 saturated heterocycles. The van der Waals surface area contributed by atoms with E-state index in [0.717, 1.165) is 30.9 Å². The number of aryl methyl sites for hydroxylation is 2. The highest BCUT2D eigenvalue weighted by Crippen LogP contribution is 2.26.